The largest absolute Gasteiger partial charge is 0.143 e. The molecule has 0 radical (unpaired) electrons. The topological polar surface area (TPSA) is 25.8 Å². The third kappa shape index (κ3) is 2.83. The number of aromatic nitrogens is 2. The summed E-state index contributed by atoms with van der Waals surface area (Å²) in [5, 5.41) is 10.4. The fraction of sp³-hybridized carbons (Fsp3) is 0.800. The van der Waals surface area contributed by atoms with Gasteiger partial charge in [0.1, 0.15) is 10.0 Å². The van der Waals surface area contributed by atoms with E-state index >= 15 is 0 Å². The van der Waals surface area contributed by atoms with Crippen LogP contribution in [0.4, 0.5) is 0 Å². The summed E-state index contributed by atoms with van der Waals surface area (Å²) in [6.07, 6.45) is 0. The Kier molecular flexibility index (Phi) is 4.01. The molecule has 2 nitrogen and oxygen atoms in total. The van der Waals surface area contributed by atoms with Gasteiger partial charge in [0.15, 0.2) is 0 Å². The summed E-state index contributed by atoms with van der Waals surface area (Å²) in [7, 11) is 0. The van der Waals surface area contributed by atoms with Gasteiger partial charge in [-0.15, -0.1) is 44.7 Å². The summed E-state index contributed by atoms with van der Waals surface area (Å²) in [5.74, 6) is 1.09. The van der Waals surface area contributed by atoms with Gasteiger partial charge in [-0.2, -0.15) is 0 Å². The Labute approximate surface area is 105 Å². The van der Waals surface area contributed by atoms with E-state index in [0.29, 0.717) is 11.8 Å². The molecule has 0 aromatic carbocycles. The zero-order valence-electron chi connectivity index (χ0n) is 9.47. The molecule has 5 heteroatoms. The Morgan fingerprint density at radius 1 is 0.933 bits per heavy atom. The summed E-state index contributed by atoms with van der Waals surface area (Å²) in [6, 6.07) is 0. The van der Waals surface area contributed by atoms with E-state index in [0.717, 1.165) is 10.0 Å². The van der Waals surface area contributed by atoms with Crippen LogP contribution in [-0.2, 0) is 10.8 Å². The van der Waals surface area contributed by atoms with Gasteiger partial charge in [0, 0.05) is 22.6 Å². The molecule has 0 aliphatic heterocycles. The lowest BCUT2D eigenvalue weighted by molar-refractivity contribution is 0.570. The van der Waals surface area contributed by atoms with E-state index in [9.17, 15) is 0 Å². The van der Waals surface area contributed by atoms with E-state index in [1.807, 2.05) is 0 Å². The highest BCUT2D eigenvalue weighted by molar-refractivity contribution is 7.11. The first kappa shape index (κ1) is 13.2. The molecule has 1 heterocycles. The van der Waals surface area contributed by atoms with Crippen LogP contribution in [0.3, 0.4) is 0 Å². The second kappa shape index (κ2) is 4.56. The van der Waals surface area contributed by atoms with Crippen molar-refractivity contribution in [3.63, 3.8) is 0 Å². The van der Waals surface area contributed by atoms with Crippen LogP contribution < -0.4 is 0 Å². The second-order valence-corrected chi connectivity index (χ2v) is 6.46. The predicted molar refractivity (Wildman–Crippen MR) is 67.4 cm³/mol. The Morgan fingerprint density at radius 3 is 1.53 bits per heavy atom. The lowest BCUT2D eigenvalue weighted by Crippen LogP contribution is -2.19. The fourth-order valence-corrected chi connectivity index (χ4v) is 2.34. The van der Waals surface area contributed by atoms with Gasteiger partial charge in [0.2, 0.25) is 0 Å². The minimum Gasteiger partial charge on any atom is -0.143 e. The Morgan fingerprint density at radius 2 is 1.27 bits per heavy atom. The van der Waals surface area contributed by atoms with Crippen molar-refractivity contribution < 1.29 is 0 Å². The molecular formula is C10H16Cl2N2S. The zero-order chi connectivity index (χ0) is 11.7. The van der Waals surface area contributed by atoms with Gasteiger partial charge in [-0.05, 0) is 0 Å². The lowest BCUT2D eigenvalue weighted by Gasteiger charge is -2.18. The molecule has 1 aromatic rings. The monoisotopic (exact) mass is 266 g/mol. The third-order valence-corrected chi connectivity index (χ3v) is 5.24. The molecule has 0 saturated heterocycles. The van der Waals surface area contributed by atoms with Crippen molar-refractivity contribution in [2.75, 3.05) is 11.8 Å². The second-order valence-electron chi connectivity index (χ2n) is 4.95. The highest BCUT2D eigenvalue weighted by Crippen LogP contribution is 2.33. The van der Waals surface area contributed by atoms with Crippen molar-refractivity contribution in [1.29, 1.82) is 0 Å². The molecule has 86 valence electrons. The van der Waals surface area contributed by atoms with Crippen molar-refractivity contribution >= 4 is 34.5 Å². The normalized spacial score (nSPS) is 13.2. The average molecular weight is 267 g/mol. The molecular weight excluding hydrogens is 251 g/mol. The first-order chi connectivity index (χ1) is 6.83. The summed E-state index contributed by atoms with van der Waals surface area (Å²) < 4.78 is 0. The van der Waals surface area contributed by atoms with Crippen molar-refractivity contribution in [3.8, 4) is 0 Å². The van der Waals surface area contributed by atoms with Crippen LogP contribution in [0, 0.1) is 0 Å². The van der Waals surface area contributed by atoms with Gasteiger partial charge in [-0.3, -0.25) is 0 Å². The molecule has 1 rings (SSSR count). The Hall–Kier alpha value is 0.140. The van der Waals surface area contributed by atoms with E-state index < -0.39 is 0 Å². The molecule has 0 unspecified atom stereocenters. The summed E-state index contributed by atoms with van der Waals surface area (Å²) in [5.41, 5.74) is -0.222. The van der Waals surface area contributed by atoms with Crippen molar-refractivity contribution in [3.05, 3.63) is 10.0 Å². The molecule has 0 amide bonds. The summed E-state index contributed by atoms with van der Waals surface area (Å²) >= 11 is 13.4. The number of halogens is 2. The lowest BCUT2D eigenvalue weighted by atomic mass is 9.98. The zero-order valence-corrected chi connectivity index (χ0v) is 11.8. The van der Waals surface area contributed by atoms with Crippen molar-refractivity contribution in [2.24, 2.45) is 0 Å². The van der Waals surface area contributed by atoms with E-state index in [4.69, 9.17) is 23.2 Å². The molecule has 0 N–H and O–H groups in total. The van der Waals surface area contributed by atoms with Crippen molar-refractivity contribution in [2.45, 2.75) is 38.5 Å². The van der Waals surface area contributed by atoms with Gasteiger partial charge in [0.05, 0.1) is 0 Å². The van der Waals surface area contributed by atoms with Crippen LogP contribution in [0.2, 0.25) is 0 Å². The van der Waals surface area contributed by atoms with Crippen LogP contribution in [0.15, 0.2) is 0 Å². The standard InChI is InChI=1S/C10H16Cl2N2S/c1-9(2,5-11)7-13-14-8(15-7)10(3,4)6-12/h5-6H2,1-4H3. The minimum absolute atomic E-state index is 0.111. The molecule has 0 atom stereocenters. The predicted octanol–water partition coefficient (Wildman–Crippen LogP) is 3.57. The summed E-state index contributed by atoms with van der Waals surface area (Å²) in [6.45, 7) is 8.27. The molecule has 0 bridgehead atoms. The SMILES string of the molecule is CC(C)(CCl)c1nnc(C(C)(C)CCl)s1. The number of hydrogen-bond donors (Lipinski definition) is 0. The maximum atomic E-state index is 5.90. The average Bonchev–Trinajstić information content (AvgIpc) is 2.67. The van der Waals surface area contributed by atoms with Crippen LogP contribution in [-0.4, -0.2) is 22.0 Å². The smallest absolute Gasteiger partial charge is 0.124 e. The molecule has 15 heavy (non-hydrogen) atoms. The van der Waals surface area contributed by atoms with E-state index in [-0.39, 0.29) is 10.8 Å². The van der Waals surface area contributed by atoms with Gasteiger partial charge in [-0.1, -0.05) is 27.7 Å². The van der Waals surface area contributed by atoms with Crippen LogP contribution >= 0.6 is 34.5 Å². The van der Waals surface area contributed by atoms with Crippen LogP contribution in [0.5, 0.6) is 0 Å². The van der Waals surface area contributed by atoms with E-state index in [2.05, 4.69) is 37.9 Å². The van der Waals surface area contributed by atoms with Gasteiger partial charge in [0.25, 0.3) is 0 Å². The maximum Gasteiger partial charge on any atom is 0.124 e. The quantitative estimate of drug-likeness (QED) is 0.779. The maximum absolute atomic E-state index is 5.90. The van der Waals surface area contributed by atoms with Crippen molar-refractivity contribution in [1.82, 2.24) is 10.2 Å². The van der Waals surface area contributed by atoms with Gasteiger partial charge >= 0.3 is 0 Å². The van der Waals surface area contributed by atoms with Gasteiger partial charge < -0.3 is 0 Å². The molecule has 0 spiro atoms. The van der Waals surface area contributed by atoms with E-state index in [1.165, 1.54) is 0 Å². The molecule has 1 aromatic heterocycles. The summed E-state index contributed by atoms with van der Waals surface area (Å²) in [4.78, 5) is 0. The molecule has 0 aliphatic rings. The van der Waals surface area contributed by atoms with Crippen LogP contribution in [0.1, 0.15) is 37.7 Å². The first-order valence-corrected chi connectivity index (χ1v) is 6.68. The molecule has 0 aliphatic carbocycles. The minimum atomic E-state index is -0.111. The Balaban J connectivity index is 3.00. The van der Waals surface area contributed by atoms with E-state index in [1.54, 1.807) is 11.3 Å². The Bertz CT molecular complexity index is 303. The van der Waals surface area contributed by atoms with Crippen LogP contribution in [0.25, 0.3) is 0 Å². The molecule has 0 saturated carbocycles. The highest BCUT2D eigenvalue weighted by atomic mass is 35.5. The number of hydrogen-bond acceptors (Lipinski definition) is 3. The third-order valence-electron chi connectivity index (χ3n) is 2.25. The first-order valence-electron chi connectivity index (χ1n) is 4.80. The number of rotatable bonds is 4. The number of nitrogens with zero attached hydrogens (tertiary/aromatic N) is 2. The van der Waals surface area contributed by atoms with Gasteiger partial charge in [-0.25, -0.2) is 0 Å². The molecule has 0 fully saturated rings. The highest BCUT2D eigenvalue weighted by Gasteiger charge is 2.29. The fourth-order valence-electron chi connectivity index (χ4n) is 0.885. The number of alkyl halides is 2.